The van der Waals surface area contributed by atoms with Gasteiger partial charge in [-0.25, -0.2) is 4.98 Å². The molecule has 1 N–H and O–H groups in total. The average Bonchev–Trinajstić information content (AvgIpc) is 2.80. The van der Waals surface area contributed by atoms with E-state index in [-0.39, 0.29) is 4.75 Å². The Kier molecular flexibility index (Phi) is 6.32. The zero-order chi connectivity index (χ0) is 15.2. The van der Waals surface area contributed by atoms with Crippen molar-refractivity contribution in [3.63, 3.8) is 0 Å². The van der Waals surface area contributed by atoms with E-state index in [0.29, 0.717) is 6.54 Å². The van der Waals surface area contributed by atoms with E-state index in [2.05, 4.69) is 47.3 Å². The fourth-order valence-electron chi connectivity index (χ4n) is 1.55. The summed E-state index contributed by atoms with van der Waals surface area (Å²) in [5.74, 6) is 1.82. The zero-order valence-electron chi connectivity index (χ0n) is 13.3. The Morgan fingerprint density at radius 2 is 2.25 bits per heavy atom. The number of thioether (sulfide) groups is 1. The fourth-order valence-corrected chi connectivity index (χ4v) is 1.74. The molecule has 0 radical (unpaired) electrons. The molecular formula is C13H26N6S. The minimum absolute atomic E-state index is 0.145. The maximum absolute atomic E-state index is 4.72. The van der Waals surface area contributed by atoms with Crippen LogP contribution in [0.15, 0.2) is 11.3 Å². The van der Waals surface area contributed by atoms with Gasteiger partial charge in [-0.3, -0.25) is 9.67 Å². The van der Waals surface area contributed by atoms with Gasteiger partial charge in [0.2, 0.25) is 0 Å². The third-order valence-electron chi connectivity index (χ3n) is 3.04. The summed E-state index contributed by atoms with van der Waals surface area (Å²) in [6.07, 6.45) is 3.69. The number of hydrogen-bond acceptors (Lipinski definition) is 4. The second-order valence-electron chi connectivity index (χ2n) is 5.29. The molecule has 0 saturated heterocycles. The van der Waals surface area contributed by atoms with Crippen LogP contribution >= 0.6 is 11.8 Å². The van der Waals surface area contributed by atoms with Crippen molar-refractivity contribution in [2.24, 2.45) is 12.0 Å². The summed E-state index contributed by atoms with van der Waals surface area (Å²) in [7, 11) is 3.92. The highest BCUT2D eigenvalue weighted by Crippen LogP contribution is 2.21. The van der Waals surface area contributed by atoms with E-state index in [1.165, 1.54) is 0 Å². The molecule has 0 aliphatic carbocycles. The van der Waals surface area contributed by atoms with Gasteiger partial charge in [0.1, 0.15) is 12.2 Å². The first kappa shape index (κ1) is 16.8. The molecule has 1 aromatic heterocycles. The van der Waals surface area contributed by atoms with Crippen molar-refractivity contribution in [2.75, 3.05) is 26.4 Å². The van der Waals surface area contributed by atoms with Crippen LogP contribution < -0.4 is 5.32 Å². The van der Waals surface area contributed by atoms with Crippen molar-refractivity contribution in [3.05, 3.63) is 12.2 Å². The number of nitrogens with zero attached hydrogens (tertiary/aromatic N) is 5. The molecular weight excluding hydrogens is 272 g/mol. The second-order valence-corrected chi connectivity index (χ2v) is 6.80. The normalized spacial score (nSPS) is 12.6. The molecule has 0 unspecified atom stereocenters. The summed E-state index contributed by atoms with van der Waals surface area (Å²) in [6, 6.07) is 0. The number of aryl methyl sites for hydroxylation is 1. The van der Waals surface area contributed by atoms with Gasteiger partial charge in [-0.05, 0) is 27.0 Å². The molecule has 0 fully saturated rings. The van der Waals surface area contributed by atoms with Gasteiger partial charge in [-0.15, -0.1) is 0 Å². The van der Waals surface area contributed by atoms with Crippen molar-refractivity contribution >= 4 is 17.7 Å². The van der Waals surface area contributed by atoms with Gasteiger partial charge in [0.25, 0.3) is 0 Å². The predicted octanol–water partition coefficient (Wildman–Crippen LogP) is 1.35. The van der Waals surface area contributed by atoms with Gasteiger partial charge in [0, 0.05) is 25.4 Å². The largest absolute Gasteiger partial charge is 0.357 e. The van der Waals surface area contributed by atoms with Gasteiger partial charge >= 0.3 is 0 Å². The Bertz CT molecular complexity index is 440. The summed E-state index contributed by atoms with van der Waals surface area (Å²) in [5.41, 5.74) is 0. The fraction of sp³-hybridized carbons (Fsp3) is 0.769. The van der Waals surface area contributed by atoms with Gasteiger partial charge in [0.15, 0.2) is 5.96 Å². The number of nitrogens with one attached hydrogen (secondary N) is 1. The van der Waals surface area contributed by atoms with Gasteiger partial charge < -0.3 is 10.2 Å². The molecule has 1 aromatic rings. The van der Waals surface area contributed by atoms with E-state index in [4.69, 9.17) is 4.99 Å². The quantitative estimate of drug-likeness (QED) is 0.635. The van der Waals surface area contributed by atoms with E-state index in [0.717, 1.165) is 24.9 Å². The first-order valence-electron chi connectivity index (χ1n) is 6.77. The standard InChI is InChI=1S/C13H26N6S/c1-7-14-12(15-9-13(2,3)20-6)18(4)8-11-16-10-17-19(11)5/h10H,7-9H2,1-6H3,(H,14,15). The van der Waals surface area contributed by atoms with Crippen LogP contribution in [0.25, 0.3) is 0 Å². The van der Waals surface area contributed by atoms with Gasteiger partial charge in [-0.2, -0.15) is 16.9 Å². The van der Waals surface area contributed by atoms with Gasteiger partial charge in [-0.1, -0.05) is 0 Å². The third kappa shape index (κ3) is 5.03. The minimum Gasteiger partial charge on any atom is -0.357 e. The zero-order valence-corrected chi connectivity index (χ0v) is 14.2. The number of rotatable bonds is 6. The molecule has 0 aliphatic rings. The minimum atomic E-state index is 0.145. The number of aliphatic imine (C=N–C) groups is 1. The lowest BCUT2D eigenvalue weighted by molar-refractivity contribution is 0.447. The average molecular weight is 298 g/mol. The third-order valence-corrected chi connectivity index (χ3v) is 4.28. The predicted molar refractivity (Wildman–Crippen MR) is 86.0 cm³/mol. The number of aromatic nitrogens is 3. The van der Waals surface area contributed by atoms with Crippen LogP contribution in [0.1, 0.15) is 26.6 Å². The summed E-state index contributed by atoms with van der Waals surface area (Å²) < 4.78 is 1.93. The second kappa shape index (κ2) is 7.52. The van der Waals surface area contributed by atoms with Crippen LogP contribution in [-0.4, -0.2) is 56.8 Å². The highest BCUT2D eigenvalue weighted by atomic mass is 32.2. The molecule has 1 rings (SSSR count). The number of guanidine groups is 1. The topological polar surface area (TPSA) is 58.3 Å². The number of hydrogen-bond donors (Lipinski definition) is 1. The first-order valence-corrected chi connectivity index (χ1v) is 7.99. The Hall–Kier alpha value is -1.24. The van der Waals surface area contributed by atoms with E-state index in [9.17, 15) is 0 Å². The summed E-state index contributed by atoms with van der Waals surface area (Å²) in [6.45, 7) is 8.79. The lowest BCUT2D eigenvalue weighted by Crippen LogP contribution is -2.40. The van der Waals surface area contributed by atoms with E-state index in [1.54, 1.807) is 11.0 Å². The molecule has 6 nitrogen and oxygen atoms in total. The van der Waals surface area contributed by atoms with E-state index in [1.807, 2.05) is 25.9 Å². The molecule has 0 spiro atoms. The smallest absolute Gasteiger partial charge is 0.194 e. The van der Waals surface area contributed by atoms with Crippen LogP contribution in [0.2, 0.25) is 0 Å². The molecule has 1 heterocycles. The van der Waals surface area contributed by atoms with Crippen molar-refractivity contribution in [1.29, 1.82) is 0 Å². The monoisotopic (exact) mass is 298 g/mol. The van der Waals surface area contributed by atoms with Crippen molar-refractivity contribution in [1.82, 2.24) is 25.0 Å². The highest BCUT2D eigenvalue weighted by molar-refractivity contribution is 7.99. The summed E-state index contributed by atoms with van der Waals surface area (Å²) in [4.78, 5) is 11.0. The molecule has 0 amide bonds. The first-order chi connectivity index (χ1) is 9.39. The molecule has 114 valence electrons. The van der Waals surface area contributed by atoms with Gasteiger partial charge in [0.05, 0.1) is 13.1 Å². The van der Waals surface area contributed by atoms with E-state index >= 15 is 0 Å². The van der Waals surface area contributed by atoms with Crippen LogP contribution in [0.4, 0.5) is 0 Å². The molecule has 0 saturated carbocycles. The summed E-state index contributed by atoms with van der Waals surface area (Å²) in [5, 5.41) is 7.41. The van der Waals surface area contributed by atoms with Crippen molar-refractivity contribution in [3.8, 4) is 0 Å². The molecule has 7 heteroatoms. The Labute approximate surface area is 126 Å². The van der Waals surface area contributed by atoms with E-state index < -0.39 is 0 Å². The molecule has 0 bridgehead atoms. The highest BCUT2D eigenvalue weighted by Gasteiger charge is 2.17. The maximum Gasteiger partial charge on any atom is 0.194 e. The Morgan fingerprint density at radius 1 is 1.55 bits per heavy atom. The van der Waals surface area contributed by atoms with Crippen LogP contribution in [0, 0.1) is 0 Å². The molecule has 0 aliphatic heterocycles. The van der Waals surface area contributed by atoms with Crippen molar-refractivity contribution < 1.29 is 0 Å². The molecule has 20 heavy (non-hydrogen) atoms. The van der Waals surface area contributed by atoms with Crippen LogP contribution in [0.3, 0.4) is 0 Å². The van der Waals surface area contributed by atoms with Crippen molar-refractivity contribution in [2.45, 2.75) is 32.1 Å². The van der Waals surface area contributed by atoms with Crippen LogP contribution in [-0.2, 0) is 13.6 Å². The lowest BCUT2D eigenvalue weighted by Gasteiger charge is -2.24. The Morgan fingerprint density at radius 3 is 2.75 bits per heavy atom. The maximum atomic E-state index is 4.72. The van der Waals surface area contributed by atoms with Crippen LogP contribution in [0.5, 0.6) is 0 Å². The lowest BCUT2D eigenvalue weighted by atomic mass is 10.2. The Balaban J connectivity index is 2.74. The molecule has 0 atom stereocenters. The molecule has 0 aromatic carbocycles. The SMILES string of the molecule is CCNC(=NCC(C)(C)SC)N(C)Cc1ncnn1C. The summed E-state index contributed by atoms with van der Waals surface area (Å²) >= 11 is 1.83.